The number of isothiocyanates is 1. The highest BCUT2D eigenvalue weighted by molar-refractivity contribution is 7.78. The lowest BCUT2D eigenvalue weighted by Crippen LogP contribution is -2.04. The molecule has 76 valence electrons. The number of benzene rings is 1. The number of nitrogens with one attached hydrogen (secondary N) is 1. The third-order valence-electron chi connectivity index (χ3n) is 1.61. The van der Waals surface area contributed by atoms with Crippen LogP contribution in [0.15, 0.2) is 23.2 Å². The Morgan fingerprint density at radius 1 is 1.53 bits per heavy atom. The van der Waals surface area contributed by atoms with Crippen LogP contribution in [-0.4, -0.2) is 18.8 Å². The molecule has 1 aromatic rings. The molecule has 1 N–H and O–H groups in total. The van der Waals surface area contributed by atoms with Crippen LogP contribution in [0.4, 0.5) is 5.69 Å². The molecule has 0 radical (unpaired) electrons. The van der Waals surface area contributed by atoms with E-state index in [9.17, 15) is 0 Å². The van der Waals surface area contributed by atoms with Gasteiger partial charge in [-0.25, -0.2) is 0 Å². The second-order valence-electron chi connectivity index (χ2n) is 2.70. The zero-order valence-electron chi connectivity index (χ0n) is 8.17. The van der Waals surface area contributed by atoms with E-state index < -0.39 is 0 Å². The van der Waals surface area contributed by atoms with Gasteiger partial charge in [-0.1, -0.05) is 23.4 Å². The Hall–Kier alpha value is -1.17. The molecule has 15 heavy (non-hydrogen) atoms. The zero-order valence-corrected chi connectivity index (χ0v) is 9.75. The van der Waals surface area contributed by atoms with E-state index in [2.05, 4.69) is 39.5 Å². The van der Waals surface area contributed by atoms with Crippen molar-refractivity contribution in [1.29, 1.82) is 0 Å². The number of hydrogen-bond donors (Lipinski definition) is 1. The molecule has 0 bridgehead atoms. The molecule has 0 heterocycles. The number of hydrogen-bond acceptors (Lipinski definition) is 3. The fourth-order valence-electron chi connectivity index (χ4n) is 0.959. The second-order valence-corrected chi connectivity index (χ2v) is 3.29. The number of aliphatic imine (C=N–C) groups is 1. The minimum atomic E-state index is 0.531. The fourth-order valence-corrected chi connectivity index (χ4v) is 1.28. The summed E-state index contributed by atoms with van der Waals surface area (Å²) < 4.78 is 0. The van der Waals surface area contributed by atoms with Gasteiger partial charge >= 0.3 is 0 Å². The SMILES string of the molecule is CNCC#Cc1ccc(N=C=S)c(Cl)c1. The van der Waals surface area contributed by atoms with Gasteiger partial charge in [0.2, 0.25) is 0 Å². The third kappa shape index (κ3) is 3.83. The van der Waals surface area contributed by atoms with Crippen LogP contribution in [0.25, 0.3) is 0 Å². The van der Waals surface area contributed by atoms with Crippen LogP contribution in [0.3, 0.4) is 0 Å². The molecule has 0 saturated heterocycles. The molecule has 0 aromatic heterocycles. The molecule has 0 atom stereocenters. The molecule has 0 amide bonds. The molecule has 1 aromatic carbocycles. The van der Waals surface area contributed by atoms with Crippen LogP contribution in [0.2, 0.25) is 5.02 Å². The van der Waals surface area contributed by atoms with Crippen molar-refractivity contribution < 1.29 is 0 Å². The summed E-state index contributed by atoms with van der Waals surface area (Å²) in [5.41, 5.74) is 1.48. The lowest BCUT2D eigenvalue weighted by atomic mass is 10.2. The summed E-state index contributed by atoms with van der Waals surface area (Å²) in [6.07, 6.45) is 0. The Balaban J connectivity index is 2.92. The highest BCUT2D eigenvalue weighted by atomic mass is 35.5. The summed E-state index contributed by atoms with van der Waals surface area (Å²) in [4.78, 5) is 3.82. The van der Waals surface area contributed by atoms with Crippen LogP contribution < -0.4 is 5.32 Å². The Kier molecular flexibility index (Phi) is 5.03. The van der Waals surface area contributed by atoms with Crippen molar-refractivity contribution in [1.82, 2.24) is 5.32 Å². The van der Waals surface area contributed by atoms with Crippen LogP contribution in [0.1, 0.15) is 5.56 Å². The first-order valence-corrected chi connectivity index (χ1v) is 5.07. The molecule has 0 fully saturated rings. The molecule has 0 spiro atoms. The predicted molar refractivity (Wildman–Crippen MR) is 66.9 cm³/mol. The normalized spacial score (nSPS) is 8.67. The van der Waals surface area contributed by atoms with Gasteiger partial charge in [0.1, 0.15) is 0 Å². The quantitative estimate of drug-likeness (QED) is 0.485. The van der Waals surface area contributed by atoms with Crippen LogP contribution in [0, 0.1) is 11.8 Å². The first-order valence-electron chi connectivity index (χ1n) is 4.29. The molecule has 0 aliphatic rings. The maximum Gasteiger partial charge on any atom is 0.0926 e. The van der Waals surface area contributed by atoms with Crippen molar-refractivity contribution in [3.8, 4) is 11.8 Å². The molecular weight excluding hydrogens is 228 g/mol. The largest absolute Gasteiger partial charge is 0.309 e. The average Bonchev–Trinajstić information content (AvgIpc) is 2.23. The molecule has 0 aliphatic carbocycles. The van der Waals surface area contributed by atoms with Gasteiger partial charge in [0, 0.05) is 5.56 Å². The first kappa shape index (κ1) is 11.9. The summed E-state index contributed by atoms with van der Waals surface area (Å²) in [6.45, 7) is 0.650. The topological polar surface area (TPSA) is 24.4 Å². The van der Waals surface area contributed by atoms with Gasteiger partial charge in [-0.2, -0.15) is 4.99 Å². The zero-order chi connectivity index (χ0) is 11.1. The maximum absolute atomic E-state index is 5.96. The number of thiocarbonyl (C=S) groups is 1. The molecule has 0 saturated carbocycles. The fraction of sp³-hybridized carbons (Fsp3) is 0.182. The molecule has 0 unspecified atom stereocenters. The van der Waals surface area contributed by atoms with Gasteiger partial charge in [0.25, 0.3) is 0 Å². The van der Waals surface area contributed by atoms with Crippen LogP contribution in [0.5, 0.6) is 0 Å². The van der Waals surface area contributed by atoms with E-state index in [4.69, 9.17) is 11.6 Å². The molecule has 1 rings (SSSR count). The Labute approximate surface area is 99.4 Å². The lowest BCUT2D eigenvalue weighted by Gasteiger charge is -1.96. The van der Waals surface area contributed by atoms with Crippen molar-refractivity contribution in [3.05, 3.63) is 28.8 Å². The Morgan fingerprint density at radius 3 is 2.93 bits per heavy atom. The summed E-state index contributed by atoms with van der Waals surface area (Å²) in [5.74, 6) is 5.91. The van der Waals surface area contributed by atoms with Crippen LogP contribution in [-0.2, 0) is 0 Å². The Bertz CT molecular complexity index is 453. The lowest BCUT2D eigenvalue weighted by molar-refractivity contribution is 0.938. The van der Waals surface area contributed by atoms with Gasteiger partial charge in [0.05, 0.1) is 22.4 Å². The number of halogens is 1. The van der Waals surface area contributed by atoms with Crippen molar-refractivity contribution in [2.24, 2.45) is 4.99 Å². The van der Waals surface area contributed by atoms with Gasteiger partial charge in [-0.05, 0) is 37.5 Å². The van der Waals surface area contributed by atoms with E-state index in [1.54, 1.807) is 12.1 Å². The second kappa shape index (κ2) is 6.34. The number of nitrogens with zero attached hydrogens (tertiary/aromatic N) is 1. The summed E-state index contributed by atoms with van der Waals surface area (Å²) in [5, 5.41) is 5.74. The van der Waals surface area contributed by atoms with Crippen molar-refractivity contribution in [2.75, 3.05) is 13.6 Å². The highest BCUT2D eigenvalue weighted by Gasteiger charge is 1.97. The first-order chi connectivity index (χ1) is 7.27. The van der Waals surface area contributed by atoms with Crippen molar-refractivity contribution in [3.63, 3.8) is 0 Å². The maximum atomic E-state index is 5.96. The molecular formula is C11H9ClN2S. The van der Waals surface area contributed by atoms with Crippen molar-refractivity contribution in [2.45, 2.75) is 0 Å². The molecule has 2 nitrogen and oxygen atoms in total. The molecule has 0 aliphatic heterocycles. The Morgan fingerprint density at radius 2 is 2.33 bits per heavy atom. The number of rotatable bonds is 2. The predicted octanol–water partition coefficient (Wildman–Crippen LogP) is 2.65. The van der Waals surface area contributed by atoms with E-state index in [0.29, 0.717) is 17.3 Å². The molecule has 4 heteroatoms. The standard InChI is InChI=1S/C11H9ClN2S/c1-13-6-2-3-9-4-5-11(14-8-15)10(12)7-9/h4-5,7,13H,6H2,1H3. The third-order valence-corrected chi connectivity index (χ3v) is 2.01. The summed E-state index contributed by atoms with van der Waals surface area (Å²) >= 11 is 10.5. The highest BCUT2D eigenvalue weighted by Crippen LogP contribution is 2.24. The van der Waals surface area contributed by atoms with Crippen molar-refractivity contribution >= 4 is 34.7 Å². The van der Waals surface area contributed by atoms with Gasteiger partial charge in [-0.15, -0.1) is 0 Å². The van der Waals surface area contributed by atoms with E-state index in [1.807, 2.05) is 13.1 Å². The average molecular weight is 237 g/mol. The van der Waals surface area contributed by atoms with Gasteiger partial charge in [0.15, 0.2) is 0 Å². The van der Waals surface area contributed by atoms with Gasteiger partial charge < -0.3 is 5.32 Å². The van der Waals surface area contributed by atoms with E-state index >= 15 is 0 Å². The minimum absolute atomic E-state index is 0.531. The minimum Gasteiger partial charge on any atom is -0.309 e. The van der Waals surface area contributed by atoms with Crippen LogP contribution >= 0.6 is 23.8 Å². The van der Waals surface area contributed by atoms with E-state index in [0.717, 1.165) is 5.56 Å². The monoisotopic (exact) mass is 236 g/mol. The van der Waals surface area contributed by atoms with Gasteiger partial charge in [-0.3, -0.25) is 0 Å². The summed E-state index contributed by atoms with van der Waals surface area (Å²) in [6, 6.07) is 5.38. The smallest absolute Gasteiger partial charge is 0.0926 e. The summed E-state index contributed by atoms with van der Waals surface area (Å²) in [7, 11) is 1.85. The van der Waals surface area contributed by atoms with E-state index in [-0.39, 0.29) is 0 Å². The van der Waals surface area contributed by atoms with E-state index in [1.165, 1.54) is 0 Å².